The predicted octanol–water partition coefficient (Wildman–Crippen LogP) is 0.991. The minimum absolute atomic E-state index is 0.305. The first-order valence-electron chi connectivity index (χ1n) is 7.83. The third-order valence-electron chi connectivity index (χ3n) is 6.22. The normalized spacial score (nSPS) is 47.1. The van der Waals surface area contributed by atoms with Crippen molar-refractivity contribution in [3.8, 4) is 0 Å². The molecule has 0 radical (unpaired) electrons. The summed E-state index contributed by atoms with van der Waals surface area (Å²) in [7, 11) is 1.34. The fraction of sp³-hybridized carbons (Fsp3) is 0.812. The first kappa shape index (κ1) is 15.5. The lowest BCUT2D eigenvalue weighted by Crippen LogP contribution is -2.64. The van der Waals surface area contributed by atoms with Crippen LogP contribution in [0.15, 0.2) is 0 Å². The molecule has 0 amide bonds. The van der Waals surface area contributed by atoms with Crippen LogP contribution in [0.5, 0.6) is 0 Å². The van der Waals surface area contributed by atoms with Gasteiger partial charge in [0.2, 0.25) is 0 Å². The maximum Gasteiger partial charge on any atom is 0.316 e. The topological polar surface area (TPSA) is 89.9 Å². The highest BCUT2D eigenvalue weighted by Crippen LogP contribution is 2.63. The minimum atomic E-state index is -1.28. The predicted molar refractivity (Wildman–Crippen MR) is 74.6 cm³/mol. The highest BCUT2D eigenvalue weighted by Gasteiger charge is 2.73. The molecule has 6 nitrogen and oxygen atoms in total. The van der Waals surface area contributed by atoms with Gasteiger partial charge in [-0.3, -0.25) is 14.4 Å². The number of rotatable bonds is 2. The molecule has 122 valence electrons. The van der Waals surface area contributed by atoms with Crippen LogP contribution in [0, 0.1) is 17.3 Å². The van der Waals surface area contributed by atoms with Gasteiger partial charge in [-0.1, -0.05) is 0 Å². The highest BCUT2D eigenvalue weighted by molar-refractivity contribution is 5.85. The second-order valence-electron chi connectivity index (χ2n) is 7.09. The van der Waals surface area contributed by atoms with Crippen LogP contribution in [0.3, 0.4) is 0 Å². The molecule has 1 heterocycles. The van der Waals surface area contributed by atoms with Gasteiger partial charge in [0.15, 0.2) is 11.9 Å². The third-order valence-corrected chi connectivity index (χ3v) is 6.22. The van der Waals surface area contributed by atoms with E-state index in [-0.39, 0.29) is 11.9 Å². The monoisotopic (exact) mass is 310 g/mol. The van der Waals surface area contributed by atoms with Crippen LogP contribution in [0.2, 0.25) is 0 Å². The van der Waals surface area contributed by atoms with E-state index in [0.717, 1.165) is 0 Å². The zero-order valence-electron chi connectivity index (χ0n) is 13.0. The highest BCUT2D eigenvalue weighted by atomic mass is 16.6. The molecule has 6 heteroatoms. The summed E-state index contributed by atoms with van der Waals surface area (Å²) in [5, 5.41) is 11.4. The van der Waals surface area contributed by atoms with Crippen LogP contribution >= 0.6 is 0 Å². The Kier molecular flexibility index (Phi) is 3.36. The molecule has 1 aliphatic heterocycles. The van der Waals surface area contributed by atoms with Gasteiger partial charge >= 0.3 is 11.9 Å². The molecular formula is C16H22O6. The van der Waals surface area contributed by atoms with Gasteiger partial charge in [0.25, 0.3) is 0 Å². The van der Waals surface area contributed by atoms with E-state index in [4.69, 9.17) is 9.47 Å². The number of ether oxygens (including phenoxy) is 2. The van der Waals surface area contributed by atoms with E-state index in [9.17, 15) is 19.5 Å². The van der Waals surface area contributed by atoms with Crippen LogP contribution in [-0.4, -0.2) is 41.6 Å². The fourth-order valence-electron chi connectivity index (χ4n) is 4.91. The summed E-state index contributed by atoms with van der Waals surface area (Å²) >= 11 is 0. The van der Waals surface area contributed by atoms with E-state index in [1.807, 2.05) is 0 Å². The Balaban J connectivity index is 2.00. The smallest absolute Gasteiger partial charge is 0.316 e. The van der Waals surface area contributed by atoms with Crippen molar-refractivity contribution in [2.24, 2.45) is 17.3 Å². The largest absolute Gasteiger partial charge is 0.469 e. The third kappa shape index (κ3) is 1.73. The Labute approximate surface area is 129 Å². The van der Waals surface area contributed by atoms with E-state index in [0.29, 0.717) is 44.8 Å². The number of methoxy groups -OCH3 is 1. The van der Waals surface area contributed by atoms with Crippen molar-refractivity contribution in [2.45, 2.75) is 56.7 Å². The number of hydrogen-bond acceptors (Lipinski definition) is 6. The first-order valence-corrected chi connectivity index (χ1v) is 7.83. The molecule has 5 atom stereocenters. The Morgan fingerprint density at radius 1 is 1.32 bits per heavy atom. The van der Waals surface area contributed by atoms with Crippen molar-refractivity contribution in [3.63, 3.8) is 0 Å². The maximum atomic E-state index is 12.6. The molecule has 0 aromatic heterocycles. The number of esters is 2. The maximum absolute atomic E-state index is 12.6. The van der Waals surface area contributed by atoms with Crippen molar-refractivity contribution in [1.29, 1.82) is 0 Å². The standard InChI is InChI=1S/C16H22O6/c1-14(9-17)11-5-7-15(13(19)22-14)6-3-10(12(18)21-2)4-8-16(11,15)20/h9-11,20H,3-8H2,1-2H3/t10-,11-,14+,15+,16-/m0/s1. The van der Waals surface area contributed by atoms with Crippen molar-refractivity contribution in [3.05, 3.63) is 0 Å². The molecule has 2 aliphatic carbocycles. The molecule has 0 aromatic rings. The van der Waals surface area contributed by atoms with E-state index in [1.54, 1.807) is 6.92 Å². The van der Waals surface area contributed by atoms with Crippen molar-refractivity contribution in [2.75, 3.05) is 7.11 Å². The first-order chi connectivity index (χ1) is 10.3. The zero-order valence-corrected chi connectivity index (χ0v) is 13.0. The SMILES string of the molecule is COC(=O)[C@H]1CC[C@@]23CC[C@@H]([C@@](C)(C=O)OC2=O)[C@@]3(O)CC1. The molecule has 22 heavy (non-hydrogen) atoms. The Morgan fingerprint density at radius 2 is 1.95 bits per heavy atom. The average molecular weight is 310 g/mol. The van der Waals surface area contributed by atoms with Crippen LogP contribution in [-0.2, 0) is 23.9 Å². The lowest BCUT2D eigenvalue weighted by atomic mass is 9.63. The van der Waals surface area contributed by atoms with E-state index in [1.165, 1.54) is 7.11 Å². The lowest BCUT2D eigenvalue weighted by molar-refractivity contribution is -0.229. The number of aliphatic hydroxyl groups is 1. The van der Waals surface area contributed by atoms with Crippen LogP contribution in [0.4, 0.5) is 0 Å². The van der Waals surface area contributed by atoms with Crippen molar-refractivity contribution < 1.29 is 29.0 Å². The summed E-state index contributed by atoms with van der Waals surface area (Å²) in [6.45, 7) is 1.57. The van der Waals surface area contributed by atoms with E-state index >= 15 is 0 Å². The molecule has 3 aliphatic rings. The summed E-state index contributed by atoms with van der Waals surface area (Å²) in [6, 6.07) is 0. The molecule has 2 bridgehead atoms. The van der Waals surface area contributed by atoms with Crippen LogP contribution < -0.4 is 0 Å². The number of carbonyl (C=O) groups is 3. The molecule has 2 saturated carbocycles. The number of carbonyl (C=O) groups excluding carboxylic acids is 3. The summed E-state index contributed by atoms with van der Waals surface area (Å²) in [4.78, 5) is 35.9. The van der Waals surface area contributed by atoms with Gasteiger partial charge in [-0.05, 0) is 45.4 Å². The number of cyclic esters (lactones) is 1. The summed E-state index contributed by atoms with van der Waals surface area (Å²) in [6.07, 6.45) is 3.39. The molecule has 3 rings (SSSR count). The lowest BCUT2D eigenvalue weighted by Gasteiger charge is -2.51. The quantitative estimate of drug-likeness (QED) is 0.604. The fourth-order valence-corrected chi connectivity index (χ4v) is 4.91. The minimum Gasteiger partial charge on any atom is -0.469 e. The van der Waals surface area contributed by atoms with Crippen molar-refractivity contribution in [1.82, 2.24) is 0 Å². The van der Waals surface area contributed by atoms with E-state index in [2.05, 4.69) is 0 Å². The zero-order chi connectivity index (χ0) is 16.2. The molecular weight excluding hydrogens is 288 g/mol. The van der Waals surface area contributed by atoms with Crippen LogP contribution in [0.1, 0.15) is 45.4 Å². The van der Waals surface area contributed by atoms with Gasteiger partial charge in [-0.25, -0.2) is 0 Å². The van der Waals surface area contributed by atoms with Gasteiger partial charge in [-0.15, -0.1) is 0 Å². The second kappa shape index (κ2) is 4.78. The molecule has 0 aromatic carbocycles. The van der Waals surface area contributed by atoms with Crippen LogP contribution in [0.25, 0.3) is 0 Å². The molecule has 1 N–H and O–H groups in total. The summed E-state index contributed by atoms with van der Waals surface area (Å²) in [5.74, 6) is -1.53. The van der Waals surface area contributed by atoms with Gasteiger partial charge in [-0.2, -0.15) is 0 Å². The summed E-state index contributed by atoms with van der Waals surface area (Å²) < 4.78 is 10.2. The summed E-state index contributed by atoms with van der Waals surface area (Å²) in [5.41, 5.74) is -3.54. The van der Waals surface area contributed by atoms with Gasteiger partial charge < -0.3 is 14.6 Å². The Morgan fingerprint density at radius 3 is 2.59 bits per heavy atom. The molecule has 1 saturated heterocycles. The number of hydrogen-bond donors (Lipinski definition) is 1. The van der Waals surface area contributed by atoms with Gasteiger partial charge in [0, 0.05) is 5.92 Å². The Hall–Kier alpha value is -1.43. The van der Waals surface area contributed by atoms with E-state index < -0.39 is 28.5 Å². The molecule has 3 fully saturated rings. The Bertz CT molecular complexity index is 531. The second-order valence-corrected chi connectivity index (χ2v) is 7.09. The number of aldehydes is 1. The van der Waals surface area contributed by atoms with Crippen molar-refractivity contribution >= 4 is 18.2 Å². The molecule has 0 unspecified atom stereocenters. The van der Waals surface area contributed by atoms with Gasteiger partial charge in [0.05, 0.1) is 24.0 Å². The molecule has 0 spiro atoms. The average Bonchev–Trinajstić information content (AvgIpc) is 2.63. The van der Waals surface area contributed by atoms with Gasteiger partial charge in [0.1, 0.15) is 0 Å².